The molecule has 1 aromatic rings. The standard InChI is InChI=1S/C7H8BrClN2/c1-4-7(10)6(8)2-5(3-9)11-4/h2H,3,10H2,1H3. The lowest BCUT2D eigenvalue weighted by Crippen LogP contribution is -1.97. The van der Waals surface area contributed by atoms with Gasteiger partial charge in [0.1, 0.15) is 0 Å². The van der Waals surface area contributed by atoms with Crippen LogP contribution in [0, 0.1) is 6.92 Å². The fourth-order valence-corrected chi connectivity index (χ4v) is 1.46. The van der Waals surface area contributed by atoms with Gasteiger partial charge in [-0.05, 0) is 28.9 Å². The second-order valence-electron chi connectivity index (χ2n) is 2.23. The smallest absolute Gasteiger partial charge is 0.0674 e. The molecule has 0 aliphatic heterocycles. The summed E-state index contributed by atoms with van der Waals surface area (Å²) in [5, 5.41) is 0. The highest BCUT2D eigenvalue weighted by atomic mass is 79.9. The van der Waals surface area contributed by atoms with E-state index in [1.54, 1.807) is 0 Å². The van der Waals surface area contributed by atoms with Crippen LogP contribution in [0.25, 0.3) is 0 Å². The summed E-state index contributed by atoms with van der Waals surface area (Å²) >= 11 is 8.91. The van der Waals surface area contributed by atoms with Crippen molar-refractivity contribution in [1.29, 1.82) is 0 Å². The van der Waals surface area contributed by atoms with E-state index in [1.165, 1.54) is 0 Å². The van der Waals surface area contributed by atoms with E-state index in [9.17, 15) is 0 Å². The van der Waals surface area contributed by atoms with Crippen LogP contribution in [-0.4, -0.2) is 4.98 Å². The maximum absolute atomic E-state index is 5.65. The predicted molar refractivity (Wildman–Crippen MR) is 50.6 cm³/mol. The molecule has 1 heterocycles. The molecule has 1 aromatic heterocycles. The van der Waals surface area contributed by atoms with Gasteiger partial charge in [0.05, 0.1) is 23.0 Å². The average molecular weight is 236 g/mol. The van der Waals surface area contributed by atoms with Crippen molar-refractivity contribution in [2.75, 3.05) is 5.73 Å². The van der Waals surface area contributed by atoms with Crippen molar-refractivity contribution >= 4 is 33.2 Å². The highest BCUT2D eigenvalue weighted by Crippen LogP contribution is 2.22. The number of aryl methyl sites for hydroxylation is 1. The topological polar surface area (TPSA) is 38.9 Å². The van der Waals surface area contributed by atoms with Crippen molar-refractivity contribution in [3.63, 3.8) is 0 Å². The highest BCUT2D eigenvalue weighted by Gasteiger charge is 2.02. The highest BCUT2D eigenvalue weighted by molar-refractivity contribution is 9.10. The average Bonchev–Trinajstić information content (AvgIpc) is 1.99. The lowest BCUT2D eigenvalue weighted by Gasteiger charge is -2.03. The molecular weight excluding hydrogens is 227 g/mol. The van der Waals surface area contributed by atoms with Gasteiger partial charge in [0.25, 0.3) is 0 Å². The molecule has 4 heteroatoms. The summed E-state index contributed by atoms with van der Waals surface area (Å²) in [4.78, 5) is 4.17. The molecule has 0 bridgehead atoms. The van der Waals surface area contributed by atoms with Gasteiger partial charge in [0.2, 0.25) is 0 Å². The van der Waals surface area contributed by atoms with Gasteiger partial charge in [0, 0.05) is 4.47 Å². The minimum absolute atomic E-state index is 0.416. The number of pyridine rings is 1. The molecule has 60 valence electrons. The van der Waals surface area contributed by atoms with Crippen LogP contribution < -0.4 is 5.73 Å². The molecule has 0 radical (unpaired) electrons. The van der Waals surface area contributed by atoms with Crippen LogP contribution in [0.15, 0.2) is 10.5 Å². The summed E-state index contributed by atoms with van der Waals surface area (Å²) in [5.74, 6) is 0.416. The van der Waals surface area contributed by atoms with Crippen molar-refractivity contribution < 1.29 is 0 Å². The van der Waals surface area contributed by atoms with Crippen molar-refractivity contribution in [3.8, 4) is 0 Å². The first-order chi connectivity index (χ1) is 5.15. The number of alkyl halides is 1. The Morgan fingerprint density at radius 1 is 1.73 bits per heavy atom. The Balaban J connectivity index is 3.21. The minimum Gasteiger partial charge on any atom is -0.396 e. The first-order valence-electron chi connectivity index (χ1n) is 3.12. The monoisotopic (exact) mass is 234 g/mol. The Morgan fingerprint density at radius 2 is 2.36 bits per heavy atom. The number of hydrogen-bond acceptors (Lipinski definition) is 2. The molecule has 0 atom stereocenters. The van der Waals surface area contributed by atoms with Crippen LogP contribution in [0.5, 0.6) is 0 Å². The number of rotatable bonds is 1. The van der Waals surface area contributed by atoms with Crippen molar-refractivity contribution in [3.05, 3.63) is 21.9 Å². The van der Waals surface area contributed by atoms with Gasteiger partial charge in [-0.3, -0.25) is 4.98 Å². The molecule has 0 spiro atoms. The predicted octanol–water partition coefficient (Wildman–Crippen LogP) is 2.47. The van der Waals surface area contributed by atoms with Crippen LogP contribution in [-0.2, 0) is 5.88 Å². The molecule has 11 heavy (non-hydrogen) atoms. The van der Waals surface area contributed by atoms with Gasteiger partial charge < -0.3 is 5.73 Å². The molecule has 0 aliphatic rings. The lowest BCUT2D eigenvalue weighted by molar-refractivity contribution is 1.10. The Kier molecular flexibility index (Phi) is 2.73. The van der Waals surface area contributed by atoms with Gasteiger partial charge in [-0.2, -0.15) is 0 Å². The van der Waals surface area contributed by atoms with E-state index in [-0.39, 0.29) is 0 Å². The van der Waals surface area contributed by atoms with Gasteiger partial charge >= 0.3 is 0 Å². The van der Waals surface area contributed by atoms with E-state index >= 15 is 0 Å². The van der Waals surface area contributed by atoms with E-state index in [1.807, 2.05) is 13.0 Å². The second-order valence-corrected chi connectivity index (χ2v) is 3.35. The zero-order valence-electron chi connectivity index (χ0n) is 6.06. The SMILES string of the molecule is Cc1nc(CCl)cc(Br)c1N. The van der Waals surface area contributed by atoms with Crippen molar-refractivity contribution in [2.24, 2.45) is 0 Å². The molecule has 0 aliphatic carbocycles. The van der Waals surface area contributed by atoms with Gasteiger partial charge in [-0.1, -0.05) is 0 Å². The molecule has 2 nitrogen and oxygen atoms in total. The molecular formula is C7H8BrClN2. The third-order valence-corrected chi connectivity index (χ3v) is 2.32. The number of aromatic nitrogens is 1. The lowest BCUT2D eigenvalue weighted by atomic mass is 10.3. The molecule has 0 amide bonds. The summed E-state index contributed by atoms with van der Waals surface area (Å²) in [5.41, 5.74) is 7.99. The van der Waals surface area contributed by atoms with Crippen LogP contribution in [0.3, 0.4) is 0 Å². The van der Waals surface area contributed by atoms with E-state index in [2.05, 4.69) is 20.9 Å². The first kappa shape index (κ1) is 8.81. The Hall–Kier alpha value is -0.280. The van der Waals surface area contributed by atoms with Crippen LogP contribution in [0.4, 0.5) is 5.69 Å². The zero-order valence-corrected chi connectivity index (χ0v) is 8.41. The fraction of sp³-hybridized carbons (Fsp3) is 0.286. The number of nitrogens with zero attached hydrogens (tertiary/aromatic N) is 1. The van der Waals surface area contributed by atoms with Gasteiger partial charge in [-0.15, -0.1) is 11.6 Å². The number of hydrogen-bond donors (Lipinski definition) is 1. The quantitative estimate of drug-likeness (QED) is 0.760. The fourth-order valence-electron chi connectivity index (χ4n) is 0.773. The van der Waals surface area contributed by atoms with Crippen LogP contribution >= 0.6 is 27.5 Å². The van der Waals surface area contributed by atoms with E-state index in [0.717, 1.165) is 15.9 Å². The second kappa shape index (κ2) is 3.41. The van der Waals surface area contributed by atoms with Gasteiger partial charge in [-0.25, -0.2) is 0 Å². The summed E-state index contributed by atoms with van der Waals surface area (Å²) in [6.07, 6.45) is 0. The zero-order chi connectivity index (χ0) is 8.43. The maximum Gasteiger partial charge on any atom is 0.0674 e. The first-order valence-corrected chi connectivity index (χ1v) is 4.45. The van der Waals surface area contributed by atoms with Crippen molar-refractivity contribution in [1.82, 2.24) is 4.98 Å². The number of nitrogen functional groups attached to an aromatic ring is 1. The van der Waals surface area contributed by atoms with E-state index < -0.39 is 0 Å². The number of nitrogens with two attached hydrogens (primary N) is 1. The normalized spacial score (nSPS) is 10.1. The number of anilines is 1. The summed E-state index contributed by atoms with van der Waals surface area (Å²) in [6, 6.07) is 1.83. The van der Waals surface area contributed by atoms with Crippen LogP contribution in [0.2, 0.25) is 0 Å². The molecule has 0 unspecified atom stereocenters. The van der Waals surface area contributed by atoms with Crippen LogP contribution in [0.1, 0.15) is 11.4 Å². The molecule has 1 rings (SSSR count). The molecule has 2 N–H and O–H groups in total. The van der Waals surface area contributed by atoms with E-state index in [0.29, 0.717) is 11.6 Å². The number of halogens is 2. The summed E-state index contributed by atoms with van der Waals surface area (Å²) in [7, 11) is 0. The molecule has 0 saturated carbocycles. The third-order valence-electron chi connectivity index (χ3n) is 1.39. The molecule has 0 aromatic carbocycles. The summed E-state index contributed by atoms with van der Waals surface area (Å²) in [6.45, 7) is 1.86. The minimum atomic E-state index is 0.416. The Bertz CT molecular complexity index is 252. The largest absolute Gasteiger partial charge is 0.396 e. The molecule has 0 fully saturated rings. The Morgan fingerprint density at radius 3 is 2.82 bits per heavy atom. The summed E-state index contributed by atoms with van der Waals surface area (Å²) < 4.78 is 0.862. The Labute approximate surface area is 78.9 Å². The van der Waals surface area contributed by atoms with E-state index in [4.69, 9.17) is 17.3 Å². The van der Waals surface area contributed by atoms with Gasteiger partial charge in [0.15, 0.2) is 0 Å². The maximum atomic E-state index is 5.65. The third kappa shape index (κ3) is 1.84. The molecule has 0 saturated heterocycles. The van der Waals surface area contributed by atoms with Crippen molar-refractivity contribution in [2.45, 2.75) is 12.8 Å².